The number of hydrogen-bond acceptors (Lipinski definition) is 5. The van der Waals surface area contributed by atoms with Gasteiger partial charge in [-0.05, 0) is 24.7 Å². The van der Waals surface area contributed by atoms with E-state index >= 15 is 0 Å². The van der Waals surface area contributed by atoms with Gasteiger partial charge in [0.25, 0.3) is 0 Å². The number of hydrogen-bond donors (Lipinski definition) is 2. The van der Waals surface area contributed by atoms with Gasteiger partial charge < -0.3 is 5.32 Å². The van der Waals surface area contributed by atoms with Crippen molar-refractivity contribution in [1.29, 1.82) is 0 Å². The average molecular weight is 287 g/mol. The van der Waals surface area contributed by atoms with E-state index in [4.69, 9.17) is 0 Å². The van der Waals surface area contributed by atoms with Crippen LogP contribution in [-0.4, -0.2) is 38.0 Å². The topological polar surface area (TPSA) is 71.1 Å². The molecule has 1 saturated heterocycles. The van der Waals surface area contributed by atoms with Gasteiger partial charge in [-0.2, -0.15) is 11.8 Å². The van der Waals surface area contributed by atoms with Crippen LogP contribution in [0, 0.1) is 0 Å². The number of thioether (sulfide) groups is 1. The summed E-state index contributed by atoms with van der Waals surface area (Å²) in [5.41, 5.74) is 0.566. The maximum atomic E-state index is 12.2. The van der Waals surface area contributed by atoms with E-state index in [2.05, 4.69) is 15.0 Å². The third-order valence-electron chi connectivity index (χ3n) is 2.87. The van der Waals surface area contributed by atoms with Crippen LogP contribution in [0.1, 0.15) is 12.8 Å². The molecule has 0 spiro atoms. The summed E-state index contributed by atoms with van der Waals surface area (Å²) >= 11 is 1.83. The van der Waals surface area contributed by atoms with Crippen LogP contribution < -0.4 is 10.0 Å². The lowest BCUT2D eigenvalue weighted by atomic mass is 10.2. The molecule has 7 heteroatoms. The molecule has 1 atom stereocenters. The number of pyridine rings is 1. The van der Waals surface area contributed by atoms with Gasteiger partial charge in [-0.15, -0.1) is 0 Å². The molecule has 1 aliphatic rings. The molecule has 5 nitrogen and oxygen atoms in total. The van der Waals surface area contributed by atoms with Crippen molar-refractivity contribution >= 4 is 27.5 Å². The highest BCUT2D eigenvalue weighted by molar-refractivity contribution is 8.00. The van der Waals surface area contributed by atoms with Gasteiger partial charge in [0, 0.05) is 31.2 Å². The van der Waals surface area contributed by atoms with E-state index in [1.54, 1.807) is 19.3 Å². The highest BCUT2D eigenvalue weighted by atomic mass is 32.2. The fourth-order valence-electron chi connectivity index (χ4n) is 1.89. The van der Waals surface area contributed by atoms with Crippen LogP contribution in [0.25, 0.3) is 0 Å². The molecule has 1 aromatic rings. The minimum Gasteiger partial charge on any atom is -0.387 e. The smallest absolute Gasteiger partial charge is 0.244 e. The zero-order valence-corrected chi connectivity index (χ0v) is 11.9. The molecule has 0 bridgehead atoms. The molecule has 0 radical (unpaired) electrons. The Hall–Kier alpha value is -0.790. The minimum absolute atomic E-state index is 0.204. The van der Waals surface area contributed by atoms with Crippen molar-refractivity contribution < 1.29 is 8.42 Å². The van der Waals surface area contributed by atoms with E-state index < -0.39 is 10.0 Å². The largest absolute Gasteiger partial charge is 0.387 e. The summed E-state index contributed by atoms with van der Waals surface area (Å²) in [4.78, 5) is 4.08. The van der Waals surface area contributed by atoms with Crippen molar-refractivity contribution in [2.75, 3.05) is 24.7 Å². The average Bonchev–Trinajstić information content (AvgIpc) is 2.89. The molecule has 0 aromatic carbocycles. The standard InChI is InChI=1S/C11H17N3O2S2/c1-12-10-4-5-13-8-11(10)18(15,16)14-7-9-3-2-6-17-9/h4-5,8-9,14H,2-3,6-7H2,1H3,(H,12,13). The van der Waals surface area contributed by atoms with E-state index in [1.165, 1.54) is 12.6 Å². The molecule has 2 heterocycles. The van der Waals surface area contributed by atoms with Crippen molar-refractivity contribution in [3.63, 3.8) is 0 Å². The Bertz CT molecular complexity index is 499. The van der Waals surface area contributed by atoms with Gasteiger partial charge in [-0.25, -0.2) is 13.1 Å². The fourth-order valence-corrected chi connectivity index (χ4v) is 4.43. The van der Waals surface area contributed by atoms with Crippen molar-refractivity contribution in [2.24, 2.45) is 0 Å². The van der Waals surface area contributed by atoms with Crippen LogP contribution in [0.15, 0.2) is 23.4 Å². The second-order valence-electron chi connectivity index (χ2n) is 4.11. The molecule has 2 N–H and O–H groups in total. The quantitative estimate of drug-likeness (QED) is 0.854. The summed E-state index contributed by atoms with van der Waals surface area (Å²) in [5.74, 6) is 1.13. The van der Waals surface area contributed by atoms with Crippen LogP contribution >= 0.6 is 11.8 Å². The van der Waals surface area contributed by atoms with Crippen LogP contribution in [0.5, 0.6) is 0 Å². The molecule has 1 unspecified atom stereocenters. The summed E-state index contributed by atoms with van der Waals surface area (Å²) in [6.07, 6.45) is 5.19. The maximum Gasteiger partial charge on any atom is 0.244 e. The van der Waals surface area contributed by atoms with E-state index in [-0.39, 0.29) is 4.90 Å². The van der Waals surface area contributed by atoms with Crippen molar-refractivity contribution in [3.05, 3.63) is 18.5 Å². The van der Waals surface area contributed by atoms with Crippen molar-refractivity contribution in [3.8, 4) is 0 Å². The van der Waals surface area contributed by atoms with Crippen molar-refractivity contribution in [2.45, 2.75) is 23.0 Å². The first-order valence-electron chi connectivity index (χ1n) is 5.86. The zero-order valence-electron chi connectivity index (χ0n) is 10.2. The first-order valence-corrected chi connectivity index (χ1v) is 8.40. The van der Waals surface area contributed by atoms with Gasteiger partial charge in [-0.3, -0.25) is 4.98 Å². The Balaban J connectivity index is 2.09. The highest BCUT2D eigenvalue weighted by Gasteiger charge is 2.22. The molecular formula is C11H17N3O2S2. The molecule has 18 heavy (non-hydrogen) atoms. The summed E-state index contributed by atoms with van der Waals surface area (Å²) in [6, 6.07) is 1.65. The molecule has 1 aliphatic heterocycles. The molecule has 0 saturated carbocycles. The fraction of sp³-hybridized carbons (Fsp3) is 0.545. The molecular weight excluding hydrogens is 270 g/mol. The molecule has 1 fully saturated rings. The molecule has 0 aliphatic carbocycles. The second kappa shape index (κ2) is 5.90. The van der Waals surface area contributed by atoms with Gasteiger partial charge in [0.1, 0.15) is 4.90 Å². The Morgan fingerprint density at radius 3 is 3.06 bits per heavy atom. The lowest BCUT2D eigenvalue weighted by Crippen LogP contribution is -2.30. The summed E-state index contributed by atoms with van der Waals surface area (Å²) in [5, 5.41) is 3.26. The van der Waals surface area contributed by atoms with Gasteiger partial charge >= 0.3 is 0 Å². The van der Waals surface area contributed by atoms with Gasteiger partial charge in [-0.1, -0.05) is 0 Å². The monoisotopic (exact) mass is 287 g/mol. The third kappa shape index (κ3) is 3.15. The number of nitrogens with one attached hydrogen (secondary N) is 2. The third-order valence-corrected chi connectivity index (χ3v) is 5.72. The molecule has 0 amide bonds. The summed E-state index contributed by atoms with van der Waals surface area (Å²) < 4.78 is 27.0. The maximum absolute atomic E-state index is 12.2. The van der Waals surface area contributed by atoms with E-state index in [0.717, 1.165) is 12.2 Å². The Labute approximate surface area is 112 Å². The van der Waals surface area contributed by atoms with Crippen LogP contribution in [0.3, 0.4) is 0 Å². The van der Waals surface area contributed by atoms with Gasteiger partial charge in [0.05, 0.1) is 5.69 Å². The second-order valence-corrected chi connectivity index (χ2v) is 7.25. The van der Waals surface area contributed by atoms with Crippen LogP contribution in [-0.2, 0) is 10.0 Å². The Kier molecular flexibility index (Phi) is 4.47. The number of aromatic nitrogens is 1. The first-order chi connectivity index (χ1) is 8.63. The molecule has 1 aromatic heterocycles. The Morgan fingerprint density at radius 1 is 1.56 bits per heavy atom. The number of nitrogens with zero attached hydrogens (tertiary/aromatic N) is 1. The predicted molar refractivity (Wildman–Crippen MR) is 74.5 cm³/mol. The zero-order chi connectivity index (χ0) is 13.0. The lowest BCUT2D eigenvalue weighted by molar-refractivity contribution is 0.579. The number of rotatable bonds is 5. The summed E-state index contributed by atoms with van der Waals surface area (Å²) in [7, 11) is -1.78. The Morgan fingerprint density at radius 2 is 2.39 bits per heavy atom. The summed E-state index contributed by atoms with van der Waals surface area (Å²) in [6.45, 7) is 0.491. The highest BCUT2D eigenvalue weighted by Crippen LogP contribution is 2.26. The molecule has 100 valence electrons. The van der Waals surface area contributed by atoms with Gasteiger partial charge in [0.2, 0.25) is 10.0 Å². The molecule has 2 rings (SSSR count). The van der Waals surface area contributed by atoms with Crippen molar-refractivity contribution in [1.82, 2.24) is 9.71 Å². The first kappa shape index (κ1) is 13.6. The van der Waals surface area contributed by atoms with E-state index in [0.29, 0.717) is 17.5 Å². The van der Waals surface area contributed by atoms with Crippen LogP contribution in [0.2, 0.25) is 0 Å². The van der Waals surface area contributed by atoms with Gasteiger partial charge in [0.15, 0.2) is 0 Å². The normalized spacial score (nSPS) is 19.9. The minimum atomic E-state index is -3.48. The van der Waals surface area contributed by atoms with Crippen LogP contribution in [0.4, 0.5) is 5.69 Å². The van der Waals surface area contributed by atoms with E-state index in [1.807, 2.05) is 11.8 Å². The SMILES string of the molecule is CNc1ccncc1S(=O)(=O)NCC1CCCS1. The number of anilines is 1. The number of sulfonamides is 1. The lowest BCUT2D eigenvalue weighted by Gasteiger charge is -2.13. The predicted octanol–water partition coefficient (Wildman–Crippen LogP) is 1.30. The van der Waals surface area contributed by atoms with E-state index in [9.17, 15) is 8.42 Å².